The van der Waals surface area contributed by atoms with Crippen LogP contribution in [0.3, 0.4) is 0 Å². The summed E-state index contributed by atoms with van der Waals surface area (Å²) in [5.41, 5.74) is 7.28. The number of tetrazole rings is 1. The quantitative estimate of drug-likeness (QED) is 0.668. The zero-order valence-electron chi connectivity index (χ0n) is 8.58. The average molecular weight is 218 g/mol. The fourth-order valence-electron chi connectivity index (χ4n) is 1.31. The molecule has 0 spiro atoms. The van der Waals surface area contributed by atoms with Crippen LogP contribution in [0, 0.1) is 0 Å². The highest BCUT2D eigenvalue weighted by molar-refractivity contribution is 5.99. The van der Waals surface area contributed by atoms with Crippen molar-refractivity contribution in [1.82, 2.24) is 25.5 Å². The fourth-order valence-corrected chi connectivity index (χ4v) is 1.31. The summed E-state index contributed by atoms with van der Waals surface area (Å²) in [4.78, 5) is 11.4. The fraction of sp³-hybridized carbons (Fsp3) is 0.111. The molecule has 0 aliphatic rings. The van der Waals surface area contributed by atoms with Gasteiger partial charge in [0.05, 0.1) is 11.3 Å². The molecule has 0 saturated carbocycles. The number of nitrogens with one attached hydrogen (secondary N) is 1. The van der Waals surface area contributed by atoms with E-state index >= 15 is 0 Å². The first-order chi connectivity index (χ1) is 7.72. The molecule has 7 nitrogen and oxygen atoms in total. The molecule has 0 unspecified atom stereocenters. The molecular weight excluding hydrogens is 208 g/mol. The van der Waals surface area contributed by atoms with Gasteiger partial charge in [-0.1, -0.05) is 0 Å². The second-order valence-electron chi connectivity index (χ2n) is 3.11. The minimum atomic E-state index is -0.222. The van der Waals surface area contributed by atoms with E-state index in [4.69, 9.17) is 5.73 Å². The van der Waals surface area contributed by atoms with Crippen molar-refractivity contribution in [3.8, 4) is 5.69 Å². The molecule has 2 rings (SSSR count). The Morgan fingerprint density at radius 2 is 2.31 bits per heavy atom. The largest absolute Gasteiger partial charge is 0.398 e. The molecule has 1 aromatic carbocycles. The van der Waals surface area contributed by atoms with Crippen molar-refractivity contribution in [2.45, 2.75) is 0 Å². The van der Waals surface area contributed by atoms with E-state index in [0.29, 0.717) is 16.9 Å². The lowest BCUT2D eigenvalue weighted by atomic mass is 10.1. The monoisotopic (exact) mass is 218 g/mol. The Labute approximate surface area is 91.3 Å². The molecule has 7 heteroatoms. The third-order valence-electron chi connectivity index (χ3n) is 2.12. The Kier molecular flexibility index (Phi) is 2.50. The number of hydrogen-bond donors (Lipinski definition) is 2. The lowest BCUT2D eigenvalue weighted by Gasteiger charge is -2.06. The van der Waals surface area contributed by atoms with E-state index in [1.54, 1.807) is 25.2 Å². The maximum Gasteiger partial charge on any atom is 0.253 e. The van der Waals surface area contributed by atoms with Crippen LogP contribution in [-0.4, -0.2) is 33.2 Å². The van der Waals surface area contributed by atoms with Crippen LogP contribution < -0.4 is 11.1 Å². The smallest absolute Gasteiger partial charge is 0.253 e. The number of carbonyl (C=O) groups excluding carboxylic acids is 1. The summed E-state index contributed by atoms with van der Waals surface area (Å²) in [6.45, 7) is 0. The molecule has 0 aliphatic carbocycles. The molecule has 0 radical (unpaired) electrons. The molecule has 0 aliphatic heterocycles. The Balaban J connectivity index is 2.41. The summed E-state index contributed by atoms with van der Waals surface area (Å²) in [6.07, 6.45) is 1.45. The predicted octanol–water partition coefficient (Wildman–Crippen LogP) is -0.396. The number of nitrogen functional groups attached to an aromatic ring is 1. The van der Waals surface area contributed by atoms with Crippen LogP contribution in [0.1, 0.15) is 10.4 Å². The molecule has 2 aromatic rings. The van der Waals surface area contributed by atoms with Crippen LogP contribution in [0.25, 0.3) is 5.69 Å². The van der Waals surface area contributed by atoms with Crippen LogP contribution in [-0.2, 0) is 0 Å². The highest BCUT2D eigenvalue weighted by Gasteiger charge is 2.09. The second kappa shape index (κ2) is 3.97. The number of anilines is 1. The van der Waals surface area contributed by atoms with Gasteiger partial charge < -0.3 is 11.1 Å². The number of aromatic nitrogens is 4. The molecule has 0 bridgehead atoms. The van der Waals surface area contributed by atoms with E-state index in [9.17, 15) is 4.79 Å². The minimum absolute atomic E-state index is 0.222. The third-order valence-corrected chi connectivity index (χ3v) is 2.12. The lowest BCUT2D eigenvalue weighted by molar-refractivity contribution is 0.0964. The number of rotatable bonds is 2. The van der Waals surface area contributed by atoms with E-state index in [2.05, 4.69) is 20.8 Å². The van der Waals surface area contributed by atoms with E-state index in [0.717, 1.165) is 0 Å². The second-order valence-corrected chi connectivity index (χ2v) is 3.11. The standard InChI is InChI=1S/C9H10N6O/c1-11-9(16)7-3-2-6(4-8(7)10)15-5-12-13-14-15/h2-5H,10H2,1H3,(H,11,16). The molecule has 0 atom stereocenters. The number of benzene rings is 1. The zero-order chi connectivity index (χ0) is 11.5. The van der Waals surface area contributed by atoms with Gasteiger partial charge >= 0.3 is 0 Å². The van der Waals surface area contributed by atoms with Gasteiger partial charge in [0.15, 0.2) is 0 Å². The SMILES string of the molecule is CNC(=O)c1ccc(-n2cnnn2)cc1N. The number of amides is 1. The number of carbonyl (C=O) groups is 1. The minimum Gasteiger partial charge on any atom is -0.398 e. The van der Waals surface area contributed by atoms with Crippen LogP contribution in [0.2, 0.25) is 0 Å². The van der Waals surface area contributed by atoms with Crippen LogP contribution in [0.5, 0.6) is 0 Å². The Morgan fingerprint density at radius 1 is 1.50 bits per heavy atom. The van der Waals surface area contributed by atoms with Crippen LogP contribution in [0.4, 0.5) is 5.69 Å². The molecule has 16 heavy (non-hydrogen) atoms. The number of nitrogens with two attached hydrogens (primary N) is 1. The Morgan fingerprint density at radius 3 is 2.88 bits per heavy atom. The average Bonchev–Trinajstić information content (AvgIpc) is 2.81. The normalized spacial score (nSPS) is 10.1. The van der Waals surface area contributed by atoms with Gasteiger partial charge in [-0.05, 0) is 28.6 Å². The van der Waals surface area contributed by atoms with Gasteiger partial charge in [0.1, 0.15) is 6.33 Å². The van der Waals surface area contributed by atoms with E-state index in [1.807, 2.05) is 0 Å². The first kappa shape index (κ1) is 10.1. The maximum absolute atomic E-state index is 11.4. The number of nitrogens with zero attached hydrogens (tertiary/aromatic N) is 4. The summed E-state index contributed by atoms with van der Waals surface area (Å²) in [5, 5.41) is 13.3. The van der Waals surface area contributed by atoms with Crippen molar-refractivity contribution < 1.29 is 4.79 Å². The van der Waals surface area contributed by atoms with Crippen molar-refractivity contribution in [3.63, 3.8) is 0 Å². The van der Waals surface area contributed by atoms with Crippen molar-refractivity contribution in [3.05, 3.63) is 30.1 Å². The Bertz CT molecular complexity index is 507. The molecule has 0 fully saturated rings. The van der Waals surface area contributed by atoms with Crippen LogP contribution in [0.15, 0.2) is 24.5 Å². The first-order valence-electron chi connectivity index (χ1n) is 4.57. The summed E-state index contributed by atoms with van der Waals surface area (Å²) in [7, 11) is 1.55. The van der Waals surface area contributed by atoms with Crippen LogP contribution >= 0.6 is 0 Å². The van der Waals surface area contributed by atoms with E-state index in [1.165, 1.54) is 11.0 Å². The van der Waals surface area contributed by atoms with Gasteiger partial charge in [0, 0.05) is 12.7 Å². The van der Waals surface area contributed by atoms with Crippen molar-refractivity contribution in [2.24, 2.45) is 0 Å². The van der Waals surface area contributed by atoms with Crippen molar-refractivity contribution in [1.29, 1.82) is 0 Å². The van der Waals surface area contributed by atoms with Crippen molar-refractivity contribution >= 4 is 11.6 Å². The van der Waals surface area contributed by atoms with E-state index in [-0.39, 0.29) is 5.91 Å². The van der Waals surface area contributed by atoms with Gasteiger partial charge in [0.2, 0.25) is 0 Å². The number of hydrogen-bond acceptors (Lipinski definition) is 5. The lowest BCUT2D eigenvalue weighted by Crippen LogP contribution is -2.19. The van der Waals surface area contributed by atoms with Crippen molar-refractivity contribution in [2.75, 3.05) is 12.8 Å². The molecule has 1 heterocycles. The van der Waals surface area contributed by atoms with Gasteiger partial charge in [-0.25, -0.2) is 4.68 Å². The first-order valence-corrected chi connectivity index (χ1v) is 4.57. The summed E-state index contributed by atoms with van der Waals surface area (Å²) < 4.78 is 1.46. The maximum atomic E-state index is 11.4. The molecule has 0 saturated heterocycles. The molecule has 1 aromatic heterocycles. The molecule has 82 valence electrons. The highest BCUT2D eigenvalue weighted by Crippen LogP contribution is 2.16. The summed E-state index contributed by atoms with van der Waals surface area (Å²) in [5.74, 6) is -0.222. The van der Waals surface area contributed by atoms with Gasteiger partial charge in [-0.3, -0.25) is 4.79 Å². The zero-order valence-corrected chi connectivity index (χ0v) is 8.58. The highest BCUT2D eigenvalue weighted by atomic mass is 16.1. The van der Waals surface area contributed by atoms with E-state index < -0.39 is 0 Å². The van der Waals surface area contributed by atoms with Gasteiger partial charge in [-0.2, -0.15) is 0 Å². The van der Waals surface area contributed by atoms with Gasteiger partial charge in [-0.15, -0.1) is 5.10 Å². The topological polar surface area (TPSA) is 98.7 Å². The third kappa shape index (κ3) is 1.70. The molecule has 3 N–H and O–H groups in total. The molecule has 1 amide bonds. The summed E-state index contributed by atoms with van der Waals surface area (Å²) >= 11 is 0. The van der Waals surface area contributed by atoms with Gasteiger partial charge in [0.25, 0.3) is 5.91 Å². The predicted molar refractivity (Wildman–Crippen MR) is 57.0 cm³/mol. The molecular formula is C9H10N6O. The summed E-state index contributed by atoms with van der Waals surface area (Å²) in [6, 6.07) is 4.99. The Hall–Kier alpha value is -2.44.